The number of halogens is 2. The van der Waals surface area contributed by atoms with Gasteiger partial charge >= 0.3 is 0 Å². The predicted molar refractivity (Wildman–Crippen MR) is 82.9 cm³/mol. The van der Waals surface area contributed by atoms with Crippen LogP contribution >= 0.6 is 27.5 Å². The standard InChI is InChI=1S/C14H9BrClN3O2/c15-13-6-5-12(21-13)14(20)18-10-1-3-11(4-2-10)19-8-9(16)7-17-19/h1-8H,(H,18,20). The first-order valence-electron chi connectivity index (χ1n) is 5.99. The number of nitrogens with one attached hydrogen (secondary N) is 1. The Morgan fingerprint density at radius 3 is 2.57 bits per heavy atom. The van der Waals surface area contributed by atoms with E-state index in [4.69, 9.17) is 16.0 Å². The Kier molecular flexibility index (Phi) is 3.81. The summed E-state index contributed by atoms with van der Waals surface area (Å²) in [4.78, 5) is 11.9. The number of nitrogens with zero attached hydrogens (tertiary/aromatic N) is 2. The van der Waals surface area contributed by atoms with E-state index < -0.39 is 0 Å². The quantitative estimate of drug-likeness (QED) is 0.758. The van der Waals surface area contributed by atoms with Gasteiger partial charge in [0, 0.05) is 11.9 Å². The summed E-state index contributed by atoms with van der Waals surface area (Å²) in [6.07, 6.45) is 3.27. The Bertz CT molecular complexity index is 780. The van der Waals surface area contributed by atoms with Gasteiger partial charge in [-0.3, -0.25) is 4.79 Å². The minimum Gasteiger partial charge on any atom is -0.444 e. The van der Waals surface area contributed by atoms with Crippen molar-refractivity contribution in [1.29, 1.82) is 0 Å². The molecule has 0 bridgehead atoms. The lowest BCUT2D eigenvalue weighted by Crippen LogP contribution is -2.10. The van der Waals surface area contributed by atoms with Gasteiger partial charge in [0.1, 0.15) is 0 Å². The Labute approximate surface area is 133 Å². The second-order valence-corrected chi connectivity index (χ2v) is 5.43. The summed E-state index contributed by atoms with van der Waals surface area (Å²) in [5, 5.41) is 7.42. The normalized spacial score (nSPS) is 10.6. The van der Waals surface area contributed by atoms with Gasteiger partial charge < -0.3 is 9.73 Å². The van der Waals surface area contributed by atoms with E-state index in [0.717, 1.165) is 5.69 Å². The van der Waals surface area contributed by atoms with Crippen molar-refractivity contribution in [2.45, 2.75) is 0 Å². The van der Waals surface area contributed by atoms with Crippen LogP contribution in [-0.4, -0.2) is 15.7 Å². The maximum atomic E-state index is 11.9. The van der Waals surface area contributed by atoms with Crippen LogP contribution in [0.25, 0.3) is 5.69 Å². The maximum absolute atomic E-state index is 11.9. The van der Waals surface area contributed by atoms with Gasteiger partial charge in [0.05, 0.1) is 16.9 Å². The highest BCUT2D eigenvalue weighted by atomic mass is 79.9. The molecule has 0 atom stereocenters. The van der Waals surface area contributed by atoms with E-state index in [2.05, 4.69) is 26.3 Å². The smallest absolute Gasteiger partial charge is 0.291 e. The summed E-state index contributed by atoms with van der Waals surface area (Å²) in [7, 11) is 0. The fourth-order valence-corrected chi connectivity index (χ4v) is 2.21. The lowest BCUT2D eigenvalue weighted by molar-refractivity contribution is 0.0995. The molecule has 2 aromatic heterocycles. The molecule has 21 heavy (non-hydrogen) atoms. The SMILES string of the molecule is O=C(Nc1ccc(-n2cc(Cl)cn2)cc1)c1ccc(Br)o1. The second-order valence-electron chi connectivity index (χ2n) is 4.21. The van der Waals surface area contributed by atoms with Crippen LogP contribution in [0.2, 0.25) is 5.02 Å². The molecule has 0 aliphatic carbocycles. The lowest BCUT2D eigenvalue weighted by Gasteiger charge is -2.05. The van der Waals surface area contributed by atoms with Gasteiger partial charge in [-0.1, -0.05) is 11.6 Å². The first-order valence-corrected chi connectivity index (χ1v) is 7.16. The van der Waals surface area contributed by atoms with E-state index in [9.17, 15) is 4.79 Å². The number of rotatable bonds is 3. The zero-order valence-corrected chi connectivity index (χ0v) is 12.9. The van der Waals surface area contributed by atoms with Crippen molar-refractivity contribution in [2.75, 3.05) is 5.32 Å². The van der Waals surface area contributed by atoms with Crippen molar-refractivity contribution < 1.29 is 9.21 Å². The number of carbonyl (C=O) groups excluding carboxylic acids is 1. The van der Waals surface area contributed by atoms with Crippen LogP contribution in [0.4, 0.5) is 5.69 Å². The molecule has 1 N–H and O–H groups in total. The number of anilines is 1. The molecule has 1 aromatic carbocycles. The van der Waals surface area contributed by atoms with Crippen molar-refractivity contribution in [3.63, 3.8) is 0 Å². The van der Waals surface area contributed by atoms with E-state index in [1.807, 2.05) is 12.1 Å². The van der Waals surface area contributed by atoms with Crippen LogP contribution in [-0.2, 0) is 0 Å². The third-order valence-corrected chi connectivity index (χ3v) is 3.36. The predicted octanol–water partition coefficient (Wildman–Crippen LogP) is 4.13. The van der Waals surface area contributed by atoms with E-state index in [0.29, 0.717) is 15.4 Å². The Balaban J connectivity index is 1.74. The van der Waals surface area contributed by atoms with Gasteiger partial charge in [-0.15, -0.1) is 0 Å². The van der Waals surface area contributed by atoms with Gasteiger partial charge in [0.2, 0.25) is 0 Å². The summed E-state index contributed by atoms with van der Waals surface area (Å²) < 4.78 is 7.35. The molecule has 0 aliphatic heterocycles. The minimum absolute atomic E-state index is 0.241. The van der Waals surface area contributed by atoms with Crippen LogP contribution in [0.3, 0.4) is 0 Å². The number of amides is 1. The zero-order valence-electron chi connectivity index (χ0n) is 10.6. The molecule has 5 nitrogen and oxygen atoms in total. The Morgan fingerprint density at radius 1 is 1.24 bits per heavy atom. The van der Waals surface area contributed by atoms with E-state index >= 15 is 0 Å². The fourth-order valence-electron chi connectivity index (χ4n) is 1.77. The molecule has 0 fully saturated rings. The molecule has 7 heteroatoms. The first-order chi connectivity index (χ1) is 10.1. The Hall–Kier alpha value is -2.05. The Morgan fingerprint density at radius 2 is 2.00 bits per heavy atom. The zero-order chi connectivity index (χ0) is 14.8. The number of aromatic nitrogens is 2. The third-order valence-electron chi connectivity index (χ3n) is 2.74. The molecular formula is C14H9BrClN3O2. The number of benzene rings is 1. The summed E-state index contributed by atoms with van der Waals surface area (Å²) in [6.45, 7) is 0. The number of furan rings is 1. The van der Waals surface area contributed by atoms with E-state index in [1.54, 1.807) is 41.3 Å². The lowest BCUT2D eigenvalue weighted by atomic mass is 10.2. The first kappa shape index (κ1) is 13.9. The molecule has 0 spiro atoms. The molecule has 0 radical (unpaired) electrons. The largest absolute Gasteiger partial charge is 0.444 e. The molecule has 3 aromatic rings. The van der Waals surface area contributed by atoms with Crippen LogP contribution in [0.5, 0.6) is 0 Å². The van der Waals surface area contributed by atoms with E-state index in [-0.39, 0.29) is 11.7 Å². The highest BCUT2D eigenvalue weighted by molar-refractivity contribution is 9.10. The summed E-state index contributed by atoms with van der Waals surface area (Å²) in [5.41, 5.74) is 1.51. The number of hydrogen-bond donors (Lipinski definition) is 1. The molecule has 1 amide bonds. The minimum atomic E-state index is -0.310. The van der Waals surface area contributed by atoms with Crippen LogP contribution in [0.15, 0.2) is 57.9 Å². The van der Waals surface area contributed by atoms with Crippen molar-refractivity contribution in [3.8, 4) is 5.69 Å². The van der Waals surface area contributed by atoms with Crippen LogP contribution in [0.1, 0.15) is 10.6 Å². The molecule has 0 saturated heterocycles. The van der Waals surface area contributed by atoms with Crippen molar-refractivity contribution in [3.05, 3.63) is 64.2 Å². The van der Waals surface area contributed by atoms with Crippen molar-refractivity contribution >= 4 is 39.1 Å². The maximum Gasteiger partial charge on any atom is 0.291 e. The molecule has 2 heterocycles. The second kappa shape index (κ2) is 5.75. The summed E-state index contributed by atoms with van der Waals surface area (Å²) in [6, 6.07) is 10.5. The average molecular weight is 367 g/mol. The molecule has 0 unspecified atom stereocenters. The molecule has 0 saturated carbocycles. The highest BCUT2D eigenvalue weighted by Crippen LogP contribution is 2.18. The van der Waals surface area contributed by atoms with Gasteiger partial charge in [-0.05, 0) is 52.3 Å². The average Bonchev–Trinajstić information content (AvgIpc) is 3.08. The van der Waals surface area contributed by atoms with Crippen LogP contribution in [0, 0.1) is 0 Å². The van der Waals surface area contributed by atoms with Gasteiger partial charge in [-0.2, -0.15) is 5.10 Å². The topological polar surface area (TPSA) is 60.1 Å². The molecule has 0 aliphatic rings. The molecule has 106 valence electrons. The summed E-state index contributed by atoms with van der Waals surface area (Å²) >= 11 is 8.98. The van der Waals surface area contributed by atoms with Gasteiger partial charge in [0.15, 0.2) is 10.4 Å². The van der Waals surface area contributed by atoms with Gasteiger partial charge in [-0.25, -0.2) is 4.68 Å². The monoisotopic (exact) mass is 365 g/mol. The number of hydrogen-bond acceptors (Lipinski definition) is 3. The fraction of sp³-hybridized carbons (Fsp3) is 0. The van der Waals surface area contributed by atoms with Crippen molar-refractivity contribution in [2.24, 2.45) is 0 Å². The van der Waals surface area contributed by atoms with Gasteiger partial charge in [0.25, 0.3) is 5.91 Å². The van der Waals surface area contributed by atoms with Crippen molar-refractivity contribution in [1.82, 2.24) is 9.78 Å². The van der Waals surface area contributed by atoms with E-state index in [1.165, 1.54) is 0 Å². The van der Waals surface area contributed by atoms with Crippen LogP contribution < -0.4 is 5.32 Å². The molecular weight excluding hydrogens is 358 g/mol. The molecule has 3 rings (SSSR count). The summed E-state index contributed by atoms with van der Waals surface area (Å²) in [5.74, 6) is -0.0691. The number of carbonyl (C=O) groups is 1. The third kappa shape index (κ3) is 3.17. The highest BCUT2D eigenvalue weighted by Gasteiger charge is 2.10.